The molecular weight excluding hydrogens is 391 g/mol. The molecule has 8 heteroatoms. The Morgan fingerprint density at radius 3 is 2.38 bits per heavy atom. The summed E-state index contributed by atoms with van der Waals surface area (Å²) < 4.78 is 15.0. The van der Waals surface area contributed by atoms with E-state index in [0.29, 0.717) is 5.02 Å². The topological polar surface area (TPSA) is 50.1 Å². The molecule has 3 heterocycles. The second kappa shape index (κ2) is 7.33. The average molecular weight is 409 g/mol. The maximum Gasteiger partial charge on any atom is 0.168 e. The zero-order chi connectivity index (χ0) is 19.8. The van der Waals surface area contributed by atoms with Gasteiger partial charge in [-0.3, -0.25) is 0 Å². The third-order valence-electron chi connectivity index (χ3n) is 5.17. The fraction of sp³-hybridized carbons (Fsp3) is 0.190. The van der Waals surface area contributed by atoms with Gasteiger partial charge in [0.15, 0.2) is 5.65 Å². The van der Waals surface area contributed by atoms with Crippen molar-refractivity contribution < 1.29 is 4.39 Å². The smallest absolute Gasteiger partial charge is 0.168 e. The van der Waals surface area contributed by atoms with Crippen LogP contribution in [-0.2, 0) is 0 Å². The molecule has 0 spiro atoms. The second-order valence-corrected chi connectivity index (χ2v) is 7.36. The van der Waals surface area contributed by atoms with Gasteiger partial charge in [-0.1, -0.05) is 17.7 Å². The first kappa shape index (κ1) is 17.9. The van der Waals surface area contributed by atoms with Gasteiger partial charge < -0.3 is 9.80 Å². The lowest BCUT2D eigenvalue weighted by Crippen LogP contribution is -2.46. The van der Waals surface area contributed by atoms with E-state index in [-0.39, 0.29) is 5.82 Å². The zero-order valence-corrected chi connectivity index (χ0v) is 16.3. The molecular formula is C21H18ClFN6. The van der Waals surface area contributed by atoms with E-state index >= 15 is 0 Å². The van der Waals surface area contributed by atoms with Crippen molar-refractivity contribution in [2.45, 2.75) is 0 Å². The lowest BCUT2D eigenvalue weighted by Gasteiger charge is -2.36. The van der Waals surface area contributed by atoms with Crippen molar-refractivity contribution in [3.8, 4) is 5.69 Å². The number of anilines is 2. The maximum absolute atomic E-state index is 13.2. The molecule has 0 aliphatic carbocycles. The van der Waals surface area contributed by atoms with Gasteiger partial charge in [0.1, 0.15) is 18.0 Å². The molecule has 0 bridgehead atoms. The molecule has 0 atom stereocenters. The molecule has 1 aliphatic rings. The van der Waals surface area contributed by atoms with E-state index in [2.05, 4.69) is 24.9 Å². The van der Waals surface area contributed by atoms with E-state index in [1.807, 2.05) is 36.4 Å². The molecule has 0 radical (unpaired) electrons. The largest absolute Gasteiger partial charge is 0.368 e. The van der Waals surface area contributed by atoms with Gasteiger partial charge in [0, 0.05) is 36.9 Å². The number of rotatable bonds is 3. The van der Waals surface area contributed by atoms with Gasteiger partial charge in [-0.2, -0.15) is 5.10 Å². The third kappa shape index (κ3) is 3.38. The summed E-state index contributed by atoms with van der Waals surface area (Å²) in [7, 11) is 0. The zero-order valence-electron chi connectivity index (χ0n) is 15.5. The molecule has 0 unspecified atom stereocenters. The van der Waals surface area contributed by atoms with Crippen LogP contribution in [0.2, 0.25) is 5.02 Å². The van der Waals surface area contributed by atoms with E-state index in [0.717, 1.165) is 54.4 Å². The first-order valence-corrected chi connectivity index (χ1v) is 9.77. The van der Waals surface area contributed by atoms with Crippen LogP contribution in [-0.4, -0.2) is 45.9 Å². The lowest BCUT2D eigenvalue weighted by molar-refractivity contribution is 0.624. The van der Waals surface area contributed by atoms with Crippen LogP contribution in [0, 0.1) is 5.82 Å². The van der Waals surface area contributed by atoms with Gasteiger partial charge in [-0.25, -0.2) is 19.0 Å². The van der Waals surface area contributed by atoms with Crippen molar-refractivity contribution in [3.05, 3.63) is 71.9 Å². The number of hydrogen-bond acceptors (Lipinski definition) is 5. The minimum Gasteiger partial charge on any atom is -0.368 e. The Bertz CT molecular complexity index is 1150. The van der Waals surface area contributed by atoms with Crippen LogP contribution < -0.4 is 9.80 Å². The van der Waals surface area contributed by atoms with E-state index in [4.69, 9.17) is 11.6 Å². The normalized spacial score (nSPS) is 14.6. The molecule has 146 valence electrons. The Balaban J connectivity index is 1.41. The average Bonchev–Trinajstić information content (AvgIpc) is 3.19. The van der Waals surface area contributed by atoms with E-state index < -0.39 is 0 Å². The Morgan fingerprint density at radius 1 is 0.862 bits per heavy atom. The van der Waals surface area contributed by atoms with Crippen LogP contribution >= 0.6 is 11.6 Å². The molecule has 0 amide bonds. The molecule has 0 saturated carbocycles. The van der Waals surface area contributed by atoms with Gasteiger partial charge in [-0.15, -0.1) is 0 Å². The van der Waals surface area contributed by atoms with Crippen LogP contribution in [0.1, 0.15) is 0 Å². The first-order valence-electron chi connectivity index (χ1n) is 9.39. The molecule has 6 nitrogen and oxygen atoms in total. The van der Waals surface area contributed by atoms with Crippen molar-refractivity contribution in [1.29, 1.82) is 0 Å². The van der Waals surface area contributed by atoms with Crippen molar-refractivity contribution in [2.75, 3.05) is 36.0 Å². The van der Waals surface area contributed by atoms with Gasteiger partial charge in [0.2, 0.25) is 0 Å². The van der Waals surface area contributed by atoms with Gasteiger partial charge >= 0.3 is 0 Å². The minimum absolute atomic E-state index is 0.215. The molecule has 4 aromatic rings. The molecule has 1 fully saturated rings. The van der Waals surface area contributed by atoms with E-state index in [9.17, 15) is 4.39 Å². The number of hydrogen-bond donors (Lipinski definition) is 0. The van der Waals surface area contributed by atoms with E-state index in [1.165, 1.54) is 12.1 Å². The number of fused-ring (bicyclic) bond motifs is 1. The number of benzene rings is 2. The number of nitrogens with zero attached hydrogens (tertiary/aromatic N) is 6. The van der Waals surface area contributed by atoms with Crippen LogP contribution in [0.15, 0.2) is 61.1 Å². The Labute approximate surface area is 172 Å². The molecule has 2 aromatic carbocycles. The summed E-state index contributed by atoms with van der Waals surface area (Å²) in [5.74, 6) is 0.662. The first-order chi connectivity index (χ1) is 14.2. The highest BCUT2D eigenvalue weighted by atomic mass is 35.5. The summed E-state index contributed by atoms with van der Waals surface area (Å²) in [6.07, 6.45) is 3.38. The molecule has 1 aliphatic heterocycles. The Morgan fingerprint density at radius 2 is 1.62 bits per heavy atom. The highest BCUT2D eigenvalue weighted by molar-refractivity contribution is 6.30. The molecule has 29 heavy (non-hydrogen) atoms. The van der Waals surface area contributed by atoms with Crippen molar-refractivity contribution >= 4 is 34.1 Å². The van der Waals surface area contributed by atoms with Crippen molar-refractivity contribution in [3.63, 3.8) is 0 Å². The highest BCUT2D eigenvalue weighted by Gasteiger charge is 2.22. The van der Waals surface area contributed by atoms with Crippen molar-refractivity contribution in [1.82, 2.24) is 19.7 Å². The number of halogens is 2. The Hall–Kier alpha value is -3.19. The standard InChI is InChI=1S/C21H18ClFN6/c22-15-2-1-3-18(12-15)29-21-19(13-26-29)20(24-14-25-21)28-10-8-27(9-11-28)17-6-4-16(23)5-7-17/h1-7,12-14H,8-11H2. The Kier molecular flexibility index (Phi) is 4.52. The van der Waals surface area contributed by atoms with E-state index in [1.54, 1.807) is 17.2 Å². The molecule has 0 N–H and O–H groups in total. The second-order valence-electron chi connectivity index (χ2n) is 6.92. The minimum atomic E-state index is -0.215. The summed E-state index contributed by atoms with van der Waals surface area (Å²) in [5.41, 5.74) is 2.64. The number of piperazine rings is 1. The molecule has 2 aromatic heterocycles. The quantitative estimate of drug-likeness (QED) is 0.514. The predicted octanol–water partition coefficient (Wildman–Crippen LogP) is 3.93. The van der Waals surface area contributed by atoms with Gasteiger partial charge in [0.25, 0.3) is 0 Å². The third-order valence-corrected chi connectivity index (χ3v) is 5.40. The van der Waals surface area contributed by atoms with Crippen LogP contribution in [0.3, 0.4) is 0 Å². The summed E-state index contributed by atoms with van der Waals surface area (Å²) in [6, 6.07) is 14.2. The maximum atomic E-state index is 13.2. The highest BCUT2D eigenvalue weighted by Crippen LogP contribution is 2.27. The predicted molar refractivity (Wildman–Crippen MR) is 112 cm³/mol. The summed E-state index contributed by atoms with van der Waals surface area (Å²) >= 11 is 6.13. The number of aromatic nitrogens is 4. The summed E-state index contributed by atoms with van der Waals surface area (Å²) in [4.78, 5) is 13.5. The van der Waals surface area contributed by atoms with Crippen molar-refractivity contribution in [2.24, 2.45) is 0 Å². The summed E-state index contributed by atoms with van der Waals surface area (Å²) in [6.45, 7) is 3.29. The molecule has 5 rings (SSSR count). The fourth-order valence-corrected chi connectivity index (χ4v) is 3.89. The van der Waals surface area contributed by atoms with Crippen LogP contribution in [0.4, 0.5) is 15.9 Å². The summed E-state index contributed by atoms with van der Waals surface area (Å²) in [5, 5.41) is 6.07. The lowest BCUT2D eigenvalue weighted by atomic mass is 10.2. The monoisotopic (exact) mass is 408 g/mol. The fourth-order valence-electron chi connectivity index (χ4n) is 3.71. The SMILES string of the molecule is Fc1ccc(N2CCN(c3ncnc4c3cnn4-c3cccc(Cl)c3)CC2)cc1. The van der Waals surface area contributed by atoms with Crippen LogP contribution in [0.5, 0.6) is 0 Å². The van der Waals surface area contributed by atoms with Gasteiger partial charge in [0.05, 0.1) is 17.3 Å². The molecule has 1 saturated heterocycles. The van der Waals surface area contributed by atoms with Gasteiger partial charge in [-0.05, 0) is 42.5 Å². The van der Waals surface area contributed by atoms with Crippen LogP contribution in [0.25, 0.3) is 16.7 Å².